The third-order valence-electron chi connectivity index (χ3n) is 7.50. The Balaban J connectivity index is 1.86. The lowest BCUT2D eigenvalue weighted by Gasteiger charge is -2.51. The summed E-state index contributed by atoms with van der Waals surface area (Å²) >= 11 is 5.78. The summed E-state index contributed by atoms with van der Waals surface area (Å²) < 4.78 is 135. The molecule has 0 radical (unpaired) electrons. The number of piperazine rings is 1. The third kappa shape index (κ3) is 7.42. The number of hydrogen-bond acceptors (Lipinski definition) is 4. The molecule has 0 N–H and O–H groups in total. The van der Waals surface area contributed by atoms with Gasteiger partial charge in [0.1, 0.15) is 0 Å². The molecular weight excluding hydrogens is 584 g/mol. The van der Waals surface area contributed by atoms with Crippen LogP contribution in [0.2, 0.25) is 5.02 Å². The van der Waals surface area contributed by atoms with E-state index in [1.54, 1.807) is 6.92 Å². The lowest BCUT2D eigenvalue weighted by molar-refractivity contribution is -0.143. The molecule has 1 aliphatic carbocycles. The van der Waals surface area contributed by atoms with Crippen molar-refractivity contribution < 1.29 is 48.3 Å². The van der Waals surface area contributed by atoms with E-state index in [2.05, 4.69) is 0 Å². The monoisotopic (exact) mass is 612 g/mol. The average Bonchev–Trinajstić information content (AvgIpc) is 2.82. The summed E-state index contributed by atoms with van der Waals surface area (Å²) in [7, 11) is -3.49. The van der Waals surface area contributed by atoms with Crippen LogP contribution in [0.15, 0.2) is 12.1 Å². The van der Waals surface area contributed by atoms with E-state index < -0.39 is 80.6 Å². The normalized spacial score (nSPS) is 21.2. The molecule has 1 aromatic rings. The molecule has 0 amide bonds. The maximum atomic E-state index is 14.0. The molecule has 5 nitrogen and oxygen atoms in total. The molecule has 0 unspecified atom stereocenters. The molecule has 0 bridgehead atoms. The average molecular weight is 613 g/mol. The molecule has 1 heterocycles. The molecule has 0 atom stereocenters. The van der Waals surface area contributed by atoms with Crippen LogP contribution in [-0.2, 0) is 22.4 Å². The van der Waals surface area contributed by atoms with Gasteiger partial charge in [-0.25, -0.2) is 17.2 Å². The minimum absolute atomic E-state index is 0.0473. The molecule has 222 valence electrons. The number of nitrogens with zero attached hydrogens (tertiary/aromatic N) is 2. The number of benzene rings is 1. The second-order valence-electron chi connectivity index (χ2n) is 10.1. The van der Waals surface area contributed by atoms with Crippen molar-refractivity contribution in [2.75, 3.05) is 31.9 Å². The Morgan fingerprint density at radius 1 is 0.949 bits per heavy atom. The summed E-state index contributed by atoms with van der Waals surface area (Å²) in [6, 6.07) is 0.100. The van der Waals surface area contributed by atoms with Crippen LogP contribution < -0.4 is 0 Å². The number of carbonyl (C=O) groups is 1. The van der Waals surface area contributed by atoms with Crippen molar-refractivity contribution in [2.45, 2.75) is 75.7 Å². The molecule has 1 aliphatic heterocycles. The SMILES string of the molecule is CCCS(=O)(=O)N1CCN(C2(CCC(=O)c3c(Cl)cc(C(F)(F)F)cc3C(F)(F)F)CCC(F)(F)CC2)CC1. The van der Waals surface area contributed by atoms with Crippen LogP contribution in [0.4, 0.5) is 35.1 Å². The van der Waals surface area contributed by atoms with Crippen molar-refractivity contribution in [1.82, 2.24) is 9.21 Å². The molecule has 2 aliphatic rings. The number of Topliss-reactive ketones (excluding diaryl/α,β-unsaturated/α-hetero) is 1. The van der Waals surface area contributed by atoms with Crippen molar-refractivity contribution in [3.63, 3.8) is 0 Å². The van der Waals surface area contributed by atoms with Crippen LogP contribution in [0.5, 0.6) is 0 Å². The summed E-state index contributed by atoms with van der Waals surface area (Å²) in [5.41, 5.74) is -5.58. The Morgan fingerprint density at radius 2 is 1.51 bits per heavy atom. The fraction of sp³-hybridized carbons (Fsp3) is 0.708. The highest BCUT2D eigenvalue weighted by atomic mass is 35.5. The first kappa shape index (κ1) is 32.0. The highest BCUT2D eigenvalue weighted by Gasteiger charge is 2.48. The van der Waals surface area contributed by atoms with Crippen molar-refractivity contribution in [2.24, 2.45) is 0 Å². The first-order chi connectivity index (χ1) is 17.8. The first-order valence-electron chi connectivity index (χ1n) is 12.4. The highest BCUT2D eigenvalue weighted by molar-refractivity contribution is 7.89. The smallest absolute Gasteiger partial charge is 0.295 e. The van der Waals surface area contributed by atoms with Gasteiger partial charge < -0.3 is 0 Å². The van der Waals surface area contributed by atoms with E-state index in [0.29, 0.717) is 6.42 Å². The number of halogens is 9. The third-order valence-corrected chi connectivity index (χ3v) is 9.87. The van der Waals surface area contributed by atoms with Gasteiger partial charge >= 0.3 is 12.4 Å². The fourth-order valence-corrected chi connectivity index (χ4v) is 7.20. The summed E-state index contributed by atoms with van der Waals surface area (Å²) in [5, 5.41) is -0.999. The van der Waals surface area contributed by atoms with Gasteiger partial charge in [-0.15, -0.1) is 0 Å². The van der Waals surface area contributed by atoms with Gasteiger partial charge in [-0.3, -0.25) is 9.69 Å². The van der Waals surface area contributed by atoms with Gasteiger partial charge in [-0.05, 0) is 37.8 Å². The maximum Gasteiger partial charge on any atom is 0.417 e. The van der Waals surface area contributed by atoms with Crippen LogP contribution >= 0.6 is 11.6 Å². The number of carbonyl (C=O) groups excluding carboxylic acids is 1. The van der Waals surface area contributed by atoms with Gasteiger partial charge in [-0.1, -0.05) is 18.5 Å². The standard InChI is InChI=1S/C24H29ClF8N2O3S/c1-2-13-39(37,38)35-11-9-34(10-12-35)21(5-7-22(26,27)8-6-21)4-3-19(36)20-17(24(31,32)33)14-16(15-18(20)25)23(28,29)30/h14-15H,2-13H2,1H3. The zero-order chi connectivity index (χ0) is 29.4. The summed E-state index contributed by atoms with van der Waals surface area (Å²) in [6.45, 7) is 2.26. The van der Waals surface area contributed by atoms with Crippen LogP contribution in [-0.4, -0.2) is 66.8 Å². The van der Waals surface area contributed by atoms with E-state index in [1.807, 2.05) is 4.90 Å². The van der Waals surface area contributed by atoms with Crippen molar-refractivity contribution in [3.05, 3.63) is 33.8 Å². The number of alkyl halides is 8. The second kappa shape index (κ2) is 11.4. The number of hydrogen-bond donors (Lipinski definition) is 0. The van der Waals surface area contributed by atoms with E-state index in [1.165, 1.54) is 4.31 Å². The fourth-order valence-electron chi connectivity index (χ4n) is 5.38. The molecule has 0 aromatic heterocycles. The largest absolute Gasteiger partial charge is 0.417 e. The van der Waals surface area contributed by atoms with Gasteiger partial charge in [0.2, 0.25) is 15.9 Å². The van der Waals surface area contributed by atoms with Crippen molar-refractivity contribution in [1.29, 1.82) is 0 Å². The quantitative estimate of drug-likeness (QED) is 0.244. The Kier molecular flexibility index (Phi) is 9.36. The molecule has 1 saturated heterocycles. The van der Waals surface area contributed by atoms with Gasteiger partial charge in [0.05, 0.1) is 21.9 Å². The topological polar surface area (TPSA) is 57.7 Å². The zero-order valence-corrected chi connectivity index (χ0v) is 22.6. The molecular formula is C24H29ClF8N2O3S. The predicted octanol–water partition coefficient (Wildman–Crippen LogP) is 6.65. The van der Waals surface area contributed by atoms with Gasteiger partial charge in [0.25, 0.3) is 0 Å². The van der Waals surface area contributed by atoms with E-state index in [9.17, 15) is 48.3 Å². The molecule has 1 saturated carbocycles. The van der Waals surface area contributed by atoms with Crippen LogP contribution in [0, 0.1) is 0 Å². The molecule has 0 spiro atoms. The molecule has 39 heavy (non-hydrogen) atoms. The van der Waals surface area contributed by atoms with Crippen LogP contribution in [0.1, 0.15) is 73.4 Å². The number of ketones is 1. The molecule has 1 aromatic carbocycles. The summed E-state index contributed by atoms with van der Waals surface area (Å²) in [5.74, 6) is -4.16. The summed E-state index contributed by atoms with van der Waals surface area (Å²) in [6.07, 6.45) is -11.9. The number of rotatable bonds is 8. The van der Waals surface area contributed by atoms with Crippen molar-refractivity contribution in [3.8, 4) is 0 Å². The van der Waals surface area contributed by atoms with Gasteiger partial charge in [0.15, 0.2) is 5.78 Å². The number of sulfonamides is 1. The Morgan fingerprint density at radius 3 is 2.00 bits per heavy atom. The maximum absolute atomic E-state index is 14.0. The summed E-state index contributed by atoms with van der Waals surface area (Å²) in [4.78, 5) is 14.8. The lowest BCUT2D eigenvalue weighted by Crippen LogP contribution is -2.60. The van der Waals surface area contributed by atoms with Gasteiger partial charge in [0, 0.05) is 56.5 Å². The molecule has 3 rings (SSSR count). The van der Waals surface area contributed by atoms with Crippen molar-refractivity contribution >= 4 is 27.4 Å². The van der Waals surface area contributed by atoms with E-state index in [-0.39, 0.29) is 63.3 Å². The first-order valence-corrected chi connectivity index (χ1v) is 14.4. The van der Waals surface area contributed by atoms with Crippen LogP contribution in [0.25, 0.3) is 0 Å². The van der Waals surface area contributed by atoms with E-state index >= 15 is 0 Å². The molecule has 2 fully saturated rings. The lowest BCUT2D eigenvalue weighted by atomic mass is 9.74. The molecule has 15 heteroatoms. The van der Waals surface area contributed by atoms with Gasteiger partial charge in [-0.2, -0.15) is 30.6 Å². The minimum Gasteiger partial charge on any atom is -0.295 e. The Bertz CT molecular complexity index is 1150. The highest BCUT2D eigenvalue weighted by Crippen LogP contribution is 2.46. The Hall–Kier alpha value is -1.51. The zero-order valence-electron chi connectivity index (χ0n) is 21.1. The van der Waals surface area contributed by atoms with Crippen LogP contribution in [0.3, 0.4) is 0 Å². The predicted molar refractivity (Wildman–Crippen MR) is 128 cm³/mol. The Labute approximate surface area is 226 Å². The van der Waals surface area contributed by atoms with E-state index in [4.69, 9.17) is 11.6 Å². The van der Waals surface area contributed by atoms with E-state index in [0.717, 1.165) is 0 Å². The minimum atomic E-state index is -5.30. The second-order valence-corrected chi connectivity index (χ2v) is 12.6.